The van der Waals surface area contributed by atoms with Crippen LogP contribution >= 0.6 is 0 Å². The summed E-state index contributed by atoms with van der Waals surface area (Å²) in [5, 5.41) is 0. The number of hydrogen-bond donors (Lipinski definition) is 0. The van der Waals surface area contributed by atoms with Crippen LogP contribution in [0, 0.1) is 19.7 Å². The van der Waals surface area contributed by atoms with Crippen molar-refractivity contribution in [2.75, 3.05) is 0 Å². The molecule has 0 nitrogen and oxygen atoms in total. The zero-order valence-corrected chi connectivity index (χ0v) is 12.6. The molecule has 1 heteroatoms. The molecule has 0 amide bonds. The first-order valence-corrected chi connectivity index (χ1v) is 7.41. The first kappa shape index (κ1) is 14.8. The highest BCUT2D eigenvalue weighted by molar-refractivity contribution is 5.31. The lowest BCUT2D eigenvalue weighted by Crippen LogP contribution is -2.01. The van der Waals surface area contributed by atoms with E-state index in [-0.39, 0.29) is 5.82 Å². The Bertz CT molecular complexity index is 534. The van der Waals surface area contributed by atoms with Gasteiger partial charge in [0.2, 0.25) is 0 Å². The van der Waals surface area contributed by atoms with Crippen LogP contribution in [0.15, 0.2) is 42.5 Å². The van der Waals surface area contributed by atoms with Crippen LogP contribution in [0.2, 0.25) is 0 Å². The normalized spacial score (nSPS) is 12.4. The molecule has 1 unspecified atom stereocenters. The molecule has 0 aromatic heterocycles. The van der Waals surface area contributed by atoms with E-state index < -0.39 is 0 Å². The Balaban J connectivity index is 2.07. The maximum atomic E-state index is 12.9. The van der Waals surface area contributed by atoms with Crippen molar-refractivity contribution in [3.63, 3.8) is 0 Å². The van der Waals surface area contributed by atoms with Gasteiger partial charge in [-0.3, -0.25) is 0 Å². The molecule has 0 saturated carbocycles. The van der Waals surface area contributed by atoms with Gasteiger partial charge in [-0.2, -0.15) is 0 Å². The highest BCUT2D eigenvalue weighted by Crippen LogP contribution is 2.27. The number of hydrogen-bond acceptors (Lipinski definition) is 0. The van der Waals surface area contributed by atoms with Gasteiger partial charge in [0.25, 0.3) is 0 Å². The average molecular weight is 270 g/mol. The van der Waals surface area contributed by atoms with E-state index in [1.165, 1.54) is 22.3 Å². The lowest BCUT2D eigenvalue weighted by Gasteiger charge is -2.17. The molecule has 106 valence electrons. The van der Waals surface area contributed by atoms with Crippen LogP contribution in [0.3, 0.4) is 0 Å². The van der Waals surface area contributed by atoms with Crippen LogP contribution in [0.5, 0.6) is 0 Å². The Morgan fingerprint density at radius 2 is 1.55 bits per heavy atom. The van der Waals surface area contributed by atoms with E-state index in [4.69, 9.17) is 0 Å². The van der Waals surface area contributed by atoms with Crippen LogP contribution in [0.4, 0.5) is 4.39 Å². The summed E-state index contributed by atoms with van der Waals surface area (Å²) < 4.78 is 12.9. The second-order valence-electron chi connectivity index (χ2n) is 5.69. The van der Waals surface area contributed by atoms with Crippen LogP contribution < -0.4 is 0 Å². The lowest BCUT2D eigenvalue weighted by atomic mass is 9.88. The Kier molecular flexibility index (Phi) is 4.94. The first-order valence-electron chi connectivity index (χ1n) is 7.41. The van der Waals surface area contributed by atoms with Crippen molar-refractivity contribution in [2.24, 2.45) is 0 Å². The zero-order valence-electron chi connectivity index (χ0n) is 12.6. The Labute approximate surface area is 121 Å². The molecule has 0 heterocycles. The average Bonchev–Trinajstić information content (AvgIpc) is 2.40. The number of halogens is 1. The van der Waals surface area contributed by atoms with Crippen molar-refractivity contribution in [2.45, 2.75) is 46.0 Å². The smallest absolute Gasteiger partial charge is 0.123 e. The topological polar surface area (TPSA) is 0 Å². The summed E-state index contributed by atoms with van der Waals surface area (Å²) in [6.45, 7) is 6.55. The minimum absolute atomic E-state index is 0.157. The van der Waals surface area contributed by atoms with Gasteiger partial charge in [0, 0.05) is 0 Å². The SMILES string of the molecule is CCC(CCc1ccc(F)cc1)c1cc(C)cc(C)c1. The summed E-state index contributed by atoms with van der Waals surface area (Å²) in [7, 11) is 0. The van der Waals surface area contributed by atoms with Crippen LogP contribution in [0.25, 0.3) is 0 Å². The largest absolute Gasteiger partial charge is 0.207 e. The molecule has 0 aliphatic rings. The van der Waals surface area contributed by atoms with Crippen LogP contribution in [-0.4, -0.2) is 0 Å². The molecule has 2 aromatic carbocycles. The third kappa shape index (κ3) is 3.93. The van der Waals surface area contributed by atoms with E-state index in [0.717, 1.165) is 19.3 Å². The molecule has 1 atom stereocenters. The van der Waals surface area contributed by atoms with Gasteiger partial charge in [-0.1, -0.05) is 48.4 Å². The van der Waals surface area contributed by atoms with Crippen molar-refractivity contribution in [1.29, 1.82) is 0 Å². The number of benzene rings is 2. The molecular formula is C19H23F. The summed E-state index contributed by atoms with van der Waals surface area (Å²) in [4.78, 5) is 0. The molecule has 2 aromatic rings. The summed E-state index contributed by atoms with van der Waals surface area (Å²) >= 11 is 0. The number of rotatable bonds is 5. The highest BCUT2D eigenvalue weighted by Gasteiger charge is 2.10. The lowest BCUT2D eigenvalue weighted by molar-refractivity contribution is 0.602. The predicted molar refractivity (Wildman–Crippen MR) is 83.7 cm³/mol. The van der Waals surface area contributed by atoms with Crippen LogP contribution in [-0.2, 0) is 6.42 Å². The fraction of sp³-hybridized carbons (Fsp3) is 0.368. The molecule has 0 aliphatic heterocycles. The number of aryl methyl sites for hydroxylation is 3. The van der Waals surface area contributed by atoms with E-state index in [9.17, 15) is 4.39 Å². The minimum Gasteiger partial charge on any atom is -0.207 e. The minimum atomic E-state index is -0.157. The van der Waals surface area contributed by atoms with Gasteiger partial charge in [0.05, 0.1) is 0 Å². The third-order valence-corrected chi connectivity index (χ3v) is 3.90. The molecule has 0 aliphatic carbocycles. The van der Waals surface area contributed by atoms with E-state index >= 15 is 0 Å². The fourth-order valence-electron chi connectivity index (χ4n) is 2.84. The van der Waals surface area contributed by atoms with E-state index in [1.807, 2.05) is 12.1 Å². The van der Waals surface area contributed by atoms with E-state index in [2.05, 4.69) is 39.0 Å². The highest BCUT2D eigenvalue weighted by atomic mass is 19.1. The van der Waals surface area contributed by atoms with Crippen LogP contribution in [0.1, 0.15) is 47.9 Å². The molecule has 0 saturated heterocycles. The Hall–Kier alpha value is -1.63. The second-order valence-corrected chi connectivity index (χ2v) is 5.69. The Morgan fingerprint density at radius 3 is 2.10 bits per heavy atom. The van der Waals surface area contributed by atoms with Gasteiger partial charge in [-0.05, 0) is 62.3 Å². The van der Waals surface area contributed by atoms with Gasteiger partial charge < -0.3 is 0 Å². The van der Waals surface area contributed by atoms with E-state index in [0.29, 0.717) is 5.92 Å². The van der Waals surface area contributed by atoms with Gasteiger partial charge in [0.1, 0.15) is 5.82 Å². The Morgan fingerprint density at radius 1 is 0.950 bits per heavy atom. The maximum absolute atomic E-state index is 12.9. The molecule has 0 spiro atoms. The maximum Gasteiger partial charge on any atom is 0.123 e. The van der Waals surface area contributed by atoms with Crippen molar-refractivity contribution < 1.29 is 4.39 Å². The fourth-order valence-corrected chi connectivity index (χ4v) is 2.84. The molecule has 0 radical (unpaired) electrons. The van der Waals surface area contributed by atoms with Crippen molar-refractivity contribution >= 4 is 0 Å². The molecule has 20 heavy (non-hydrogen) atoms. The quantitative estimate of drug-likeness (QED) is 0.666. The predicted octanol–water partition coefficient (Wildman–Crippen LogP) is 5.57. The van der Waals surface area contributed by atoms with Crippen molar-refractivity contribution in [3.8, 4) is 0 Å². The summed E-state index contributed by atoms with van der Waals surface area (Å²) in [5.41, 5.74) is 5.32. The van der Waals surface area contributed by atoms with Crippen molar-refractivity contribution in [3.05, 3.63) is 70.5 Å². The van der Waals surface area contributed by atoms with Gasteiger partial charge in [-0.15, -0.1) is 0 Å². The van der Waals surface area contributed by atoms with Gasteiger partial charge in [0.15, 0.2) is 0 Å². The summed E-state index contributed by atoms with van der Waals surface area (Å²) in [6.07, 6.45) is 3.26. The van der Waals surface area contributed by atoms with Gasteiger partial charge in [-0.25, -0.2) is 4.39 Å². The molecule has 0 N–H and O–H groups in total. The molecule has 0 fully saturated rings. The summed E-state index contributed by atoms with van der Waals surface area (Å²) in [5.74, 6) is 0.425. The molecule has 2 rings (SSSR count). The second kappa shape index (κ2) is 6.69. The van der Waals surface area contributed by atoms with Gasteiger partial charge >= 0.3 is 0 Å². The first-order chi connectivity index (χ1) is 9.58. The monoisotopic (exact) mass is 270 g/mol. The standard InChI is InChI=1S/C19H23F/c1-4-17(18-12-14(2)11-15(3)13-18)8-5-16-6-9-19(20)10-7-16/h6-7,9-13,17H,4-5,8H2,1-3H3. The van der Waals surface area contributed by atoms with E-state index in [1.54, 1.807) is 12.1 Å². The molecule has 0 bridgehead atoms. The molecular weight excluding hydrogens is 247 g/mol. The van der Waals surface area contributed by atoms with Crippen molar-refractivity contribution in [1.82, 2.24) is 0 Å². The summed E-state index contributed by atoms with van der Waals surface area (Å²) in [6, 6.07) is 13.7. The third-order valence-electron chi connectivity index (χ3n) is 3.90. The zero-order chi connectivity index (χ0) is 14.5.